The summed E-state index contributed by atoms with van der Waals surface area (Å²) in [6.07, 6.45) is 3.54. The number of nitrogens with one attached hydrogen (secondary N) is 1. The van der Waals surface area contributed by atoms with Gasteiger partial charge < -0.3 is 15.0 Å². The highest BCUT2D eigenvalue weighted by Gasteiger charge is 2.22. The highest BCUT2D eigenvalue weighted by atomic mass is 16.5. The molecule has 21 heavy (non-hydrogen) atoms. The first kappa shape index (κ1) is 17.0. The molecule has 1 amide bonds. The van der Waals surface area contributed by atoms with Gasteiger partial charge in [-0.05, 0) is 25.7 Å². The molecule has 0 spiro atoms. The number of rotatable bonds is 6. The lowest BCUT2D eigenvalue weighted by Crippen LogP contribution is -2.38. The fourth-order valence-corrected chi connectivity index (χ4v) is 2.11. The fraction of sp³-hybridized carbons (Fsp3) is 0.667. The van der Waals surface area contributed by atoms with E-state index in [9.17, 15) is 9.59 Å². The van der Waals surface area contributed by atoms with Crippen LogP contribution >= 0.6 is 0 Å². The van der Waals surface area contributed by atoms with E-state index in [4.69, 9.17) is 10.00 Å². The lowest BCUT2D eigenvalue weighted by molar-refractivity contribution is -0.142. The molecule has 1 saturated heterocycles. The highest BCUT2D eigenvalue weighted by Crippen LogP contribution is 2.17. The first-order valence-corrected chi connectivity index (χ1v) is 7.37. The normalized spacial score (nSPS) is 16.2. The summed E-state index contributed by atoms with van der Waals surface area (Å²) in [5, 5.41) is 11.9. The number of amides is 1. The van der Waals surface area contributed by atoms with Crippen molar-refractivity contribution in [2.75, 3.05) is 26.2 Å². The molecule has 1 rings (SSSR count). The van der Waals surface area contributed by atoms with E-state index in [2.05, 4.69) is 12.2 Å². The SMILES string of the molecule is CCOC(=O)CCN/C=C(/C#N)C(=O)N1CCC(C)CC1. The van der Waals surface area contributed by atoms with Crippen LogP contribution in [0, 0.1) is 17.2 Å². The minimum atomic E-state index is -0.298. The van der Waals surface area contributed by atoms with Gasteiger partial charge in [0.25, 0.3) is 5.91 Å². The average Bonchev–Trinajstić information content (AvgIpc) is 2.48. The van der Waals surface area contributed by atoms with Crippen molar-refractivity contribution in [1.82, 2.24) is 10.2 Å². The molecule has 0 radical (unpaired) electrons. The third-order valence-corrected chi connectivity index (χ3v) is 3.45. The number of hydrogen-bond donors (Lipinski definition) is 1. The summed E-state index contributed by atoms with van der Waals surface area (Å²) >= 11 is 0. The van der Waals surface area contributed by atoms with Gasteiger partial charge in [-0.2, -0.15) is 5.26 Å². The summed E-state index contributed by atoms with van der Waals surface area (Å²) in [6, 6.07) is 1.91. The van der Waals surface area contributed by atoms with Gasteiger partial charge in [0.1, 0.15) is 11.6 Å². The molecule has 0 aromatic carbocycles. The molecule has 0 unspecified atom stereocenters. The van der Waals surface area contributed by atoms with Crippen LogP contribution in [0.15, 0.2) is 11.8 Å². The van der Waals surface area contributed by atoms with Gasteiger partial charge in [-0.1, -0.05) is 6.92 Å². The molecule has 0 aliphatic carbocycles. The Bertz CT molecular complexity index is 432. The van der Waals surface area contributed by atoms with Crippen molar-refractivity contribution < 1.29 is 14.3 Å². The van der Waals surface area contributed by atoms with Gasteiger partial charge in [0.2, 0.25) is 0 Å². The minimum Gasteiger partial charge on any atom is -0.466 e. The molecule has 0 atom stereocenters. The van der Waals surface area contributed by atoms with Gasteiger partial charge in [-0.25, -0.2) is 0 Å². The van der Waals surface area contributed by atoms with Crippen LogP contribution in [0.4, 0.5) is 0 Å². The predicted octanol–water partition coefficient (Wildman–Crippen LogP) is 1.20. The van der Waals surface area contributed by atoms with Crippen LogP contribution in [0.2, 0.25) is 0 Å². The van der Waals surface area contributed by atoms with Gasteiger partial charge in [-0.3, -0.25) is 9.59 Å². The van der Waals surface area contributed by atoms with Gasteiger partial charge in [0, 0.05) is 25.8 Å². The van der Waals surface area contributed by atoms with Gasteiger partial charge >= 0.3 is 5.97 Å². The molecule has 1 N–H and O–H groups in total. The van der Waals surface area contributed by atoms with Crippen molar-refractivity contribution in [3.8, 4) is 6.07 Å². The zero-order valence-electron chi connectivity index (χ0n) is 12.7. The smallest absolute Gasteiger partial charge is 0.307 e. The van der Waals surface area contributed by atoms with Crippen molar-refractivity contribution in [2.24, 2.45) is 5.92 Å². The van der Waals surface area contributed by atoms with Gasteiger partial charge in [-0.15, -0.1) is 0 Å². The van der Waals surface area contributed by atoms with E-state index in [0.29, 0.717) is 32.2 Å². The van der Waals surface area contributed by atoms with E-state index in [1.54, 1.807) is 11.8 Å². The van der Waals surface area contributed by atoms with E-state index in [-0.39, 0.29) is 23.9 Å². The molecule has 6 nitrogen and oxygen atoms in total. The highest BCUT2D eigenvalue weighted by molar-refractivity contribution is 5.97. The number of piperidine rings is 1. The lowest BCUT2D eigenvalue weighted by atomic mass is 9.99. The Labute approximate surface area is 125 Å². The Morgan fingerprint density at radius 1 is 1.43 bits per heavy atom. The van der Waals surface area contributed by atoms with Crippen LogP contribution in [0.1, 0.15) is 33.1 Å². The van der Waals surface area contributed by atoms with Crippen LogP contribution in [-0.4, -0.2) is 43.0 Å². The molecule has 1 fully saturated rings. The molecule has 6 heteroatoms. The first-order chi connectivity index (χ1) is 10.1. The van der Waals surface area contributed by atoms with Crippen LogP contribution in [0.3, 0.4) is 0 Å². The Hall–Kier alpha value is -2.03. The molecular formula is C15H23N3O3. The summed E-state index contributed by atoms with van der Waals surface area (Å²) in [5.41, 5.74) is 0.0772. The van der Waals surface area contributed by atoms with Gasteiger partial charge in [0.15, 0.2) is 0 Å². The maximum Gasteiger partial charge on any atom is 0.307 e. The number of nitriles is 1. The Morgan fingerprint density at radius 3 is 2.67 bits per heavy atom. The summed E-state index contributed by atoms with van der Waals surface area (Å²) in [7, 11) is 0. The van der Waals surface area contributed by atoms with Crippen LogP contribution in [-0.2, 0) is 14.3 Å². The molecule has 1 aliphatic rings. The maximum atomic E-state index is 12.2. The Morgan fingerprint density at radius 2 is 2.10 bits per heavy atom. The molecule has 0 aromatic heterocycles. The molecule has 0 bridgehead atoms. The number of esters is 1. The van der Waals surface area contributed by atoms with Crippen LogP contribution in [0.5, 0.6) is 0 Å². The molecule has 1 heterocycles. The van der Waals surface area contributed by atoms with E-state index in [1.807, 2.05) is 6.07 Å². The number of carbonyl (C=O) groups is 2. The van der Waals surface area contributed by atoms with E-state index in [0.717, 1.165) is 12.8 Å². The third kappa shape index (κ3) is 5.86. The minimum absolute atomic E-state index is 0.0772. The first-order valence-electron chi connectivity index (χ1n) is 7.37. The summed E-state index contributed by atoms with van der Waals surface area (Å²) in [5.74, 6) is 0.0903. The largest absolute Gasteiger partial charge is 0.466 e. The summed E-state index contributed by atoms with van der Waals surface area (Å²) < 4.78 is 4.79. The second kappa shape index (κ2) is 9.01. The topological polar surface area (TPSA) is 82.4 Å². The number of likely N-dealkylation sites (tertiary alicyclic amines) is 1. The second-order valence-corrected chi connectivity index (χ2v) is 5.15. The van der Waals surface area contributed by atoms with E-state index >= 15 is 0 Å². The van der Waals surface area contributed by atoms with Crippen molar-refractivity contribution in [3.63, 3.8) is 0 Å². The fourth-order valence-electron chi connectivity index (χ4n) is 2.11. The quantitative estimate of drug-likeness (QED) is 0.344. The predicted molar refractivity (Wildman–Crippen MR) is 77.9 cm³/mol. The summed E-state index contributed by atoms with van der Waals surface area (Å²) in [6.45, 7) is 6.00. The summed E-state index contributed by atoms with van der Waals surface area (Å²) in [4.78, 5) is 25.0. The zero-order chi connectivity index (χ0) is 15.7. The average molecular weight is 293 g/mol. The molecular weight excluding hydrogens is 270 g/mol. The number of hydrogen-bond acceptors (Lipinski definition) is 5. The monoisotopic (exact) mass is 293 g/mol. The maximum absolute atomic E-state index is 12.2. The number of ether oxygens (including phenoxy) is 1. The van der Waals surface area contributed by atoms with Gasteiger partial charge in [0.05, 0.1) is 13.0 Å². The zero-order valence-corrected chi connectivity index (χ0v) is 12.7. The molecule has 116 valence electrons. The van der Waals surface area contributed by atoms with E-state index < -0.39 is 0 Å². The Kier molecular flexibility index (Phi) is 7.30. The van der Waals surface area contributed by atoms with Crippen LogP contribution in [0.25, 0.3) is 0 Å². The third-order valence-electron chi connectivity index (χ3n) is 3.45. The number of nitrogens with zero attached hydrogens (tertiary/aromatic N) is 2. The Balaban J connectivity index is 2.42. The van der Waals surface area contributed by atoms with E-state index in [1.165, 1.54) is 6.20 Å². The van der Waals surface area contributed by atoms with Crippen molar-refractivity contribution >= 4 is 11.9 Å². The number of carbonyl (C=O) groups excluding carboxylic acids is 2. The van der Waals surface area contributed by atoms with Crippen molar-refractivity contribution in [2.45, 2.75) is 33.1 Å². The lowest BCUT2D eigenvalue weighted by Gasteiger charge is -2.30. The standard InChI is InChI=1S/C15H23N3O3/c1-3-21-14(19)4-7-17-11-13(10-16)15(20)18-8-5-12(2)6-9-18/h11-12,17H,3-9H2,1-2H3/b13-11-. The van der Waals surface area contributed by atoms with Crippen molar-refractivity contribution in [1.29, 1.82) is 5.26 Å². The van der Waals surface area contributed by atoms with Crippen LogP contribution < -0.4 is 5.32 Å². The molecule has 0 saturated carbocycles. The second-order valence-electron chi connectivity index (χ2n) is 5.15. The molecule has 0 aromatic rings. The van der Waals surface area contributed by atoms with Crippen molar-refractivity contribution in [3.05, 3.63) is 11.8 Å². The molecule has 1 aliphatic heterocycles.